The summed E-state index contributed by atoms with van der Waals surface area (Å²) >= 11 is 0. The molecule has 1 aromatic heterocycles. The van der Waals surface area contributed by atoms with Crippen molar-refractivity contribution < 1.29 is 8.78 Å². The zero-order valence-electron chi connectivity index (χ0n) is 11.6. The minimum Gasteiger partial charge on any atom is -0.310 e. The molecule has 0 amide bonds. The first-order chi connectivity index (χ1) is 9.56. The molecule has 0 spiro atoms. The smallest absolute Gasteiger partial charge is 0.141 e. The molecule has 0 fully saturated rings. The van der Waals surface area contributed by atoms with Crippen molar-refractivity contribution in [2.75, 3.05) is 6.54 Å². The van der Waals surface area contributed by atoms with Crippen LogP contribution in [0.25, 0.3) is 0 Å². The van der Waals surface area contributed by atoms with Gasteiger partial charge < -0.3 is 5.32 Å². The van der Waals surface area contributed by atoms with Crippen molar-refractivity contribution in [2.24, 2.45) is 5.92 Å². The van der Waals surface area contributed by atoms with Gasteiger partial charge in [-0.2, -0.15) is 5.10 Å². The fraction of sp³-hybridized carbons (Fsp3) is 0.429. The van der Waals surface area contributed by atoms with Gasteiger partial charge in [-0.05, 0) is 18.5 Å². The third-order valence-corrected chi connectivity index (χ3v) is 2.87. The van der Waals surface area contributed by atoms with E-state index in [0.29, 0.717) is 18.0 Å². The number of hydrogen-bond acceptors (Lipinski definition) is 3. The second-order valence-corrected chi connectivity index (χ2v) is 5.09. The Balaban J connectivity index is 2.04. The van der Waals surface area contributed by atoms with E-state index in [9.17, 15) is 8.78 Å². The molecule has 20 heavy (non-hydrogen) atoms. The molecule has 2 rings (SSSR count). The van der Waals surface area contributed by atoms with E-state index in [1.54, 1.807) is 4.68 Å². The molecular formula is C14H18F2N4. The van der Waals surface area contributed by atoms with Crippen LogP contribution < -0.4 is 5.32 Å². The minimum atomic E-state index is -0.580. The van der Waals surface area contributed by atoms with Crippen LogP contribution in [0.4, 0.5) is 8.78 Å². The summed E-state index contributed by atoms with van der Waals surface area (Å²) in [5.41, 5.74) is 0.391. The molecule has 1 aromatic carbocycles. The van der Waals surface area contributed by atoms with Gasteiger partial charge in [-0.15, -0.1) is 0 Å². The van der Waals surface area contributed by atoms with E-state index in [1.165, 1.54) is 18.5 Å². The molecule has 0 saturated carbocycles. The summed E-state index contributed by atoms with van der Waals surface area (Å²) < 4.78 is 28.1. The Labute approximate surface area is 116 Å². The van der Waals surface area contributed by atoms with Gasteiger partial charge in [-0.1, -0.05) is 19.9 Å². The molecule has 1 N–H and O–H groups in total. The van der Waals surface area contributed by atoms with E-state index in [1.807, 2.05) is 0 Å². The van der Waals surface area contributed by atoms with E-state index < -0.39 is 11.6 Å². The first-order valence-electron chi connectivity index (χ1n) is 6.57. The van der Waals surface area contributed by atoms with Crippen LogP contribution in [-0.4, -0.2) is 21.3 Å². The first-order valence-corrected chi connectivity index (χ1v) is 6.57. The highest BCUT2D eigenvalue weighted by Crippen LogP contribution is 2.11. The van der Waals surface area contributed by atoms with Crippen molar-refractivity contribution in [1.82, 2.24) is 20.1 Å². The fourth-order valence-corrected chi connectivity index (χ4v) is 1.84. The topological polar surface area (TPSA) is 42.7 Å². The number of benzene rings is 1. The number of hydrogen-bond donors (Lipinski definition) is 1. The summed E-state index contributed by atoms with van der Waals surface area (Å²) in [6.45, 7) is 5.92. The van der Waals surface area contributed by atoms with Gasteiger partial charge in [0.15, 0.2) is 0 Å². The van der Waals surface area contributed by atoms with Crippen molar-refractivity contribution in [3.63, 3.8) is 0 Å². The Morgan fingerprint density at radius 1 is 1.30 bits per heavy atom. The summed E-state index contributed by atoms with van der Waals surface area (Å²) in [6.07, 6.45) is 1.44. The van der Waals surface area contributed by atoms with Crippen LogP contribution in [0.5, 0.6) is 0 Å². The van der Waals surface area contributed by atoms with Gasteiger partial charge in [-0.3, -0.25) is 0 Å². The van der Waals surface area contributed by atoms with Crippen LogP contribution in [0.15, 0.2) is 24.5 Å². The van der Waals surface area contributed by atoms with E-state index in [0.717, 1.165) is 18.4 Å². The van der Waals surface area contributed by atoms with Crippen LogP contribution in [0.2, 0.25) is 0 Å². The molecule has 0 atom stereocenters. The number of nitrogens with one attached hydrogen (secondary N) is 1. The summed E-state index contributed by atoms with van der Waals surface area (Å²) in [5.74, 6) is 0.126. The van der Waals surface area contributed by atoms with Crippen molar-refractivity contribution in [3.05, 3.63) is 47.5 Å². The van der Waals surface area contributed by atoms with Crippen molar-refractivity contribution in [1.29, 1.82) is 0 Å². The largest absolute Gasteiger partial charge is 0.310 e. The van der Waals surface area contributed by atoms with E-state index in [2.05, 4.69) is 29.2 Å². The Morgan fingerprint density at radius 2 is 2.10 bits per heavy atom. The monoisotopic (exact) mass is 280 g/mol. The van der Waals surface area contributed by atoms with Crippen LogP contribution in [0.3, 0.4) is 0 Å². The summed E-state index contributed by atoms with van der Waals surface area (Å²) in [7, 11) is 0. The maximum absolute atomic E-state index is 13.6. The molecule has 108 valence electrons. The van der Waals surface area contributed by atoms with Crippen molar-refractivity contribution in [3.8, 4) is 0 Å². The average Bonchev–Trinajstić information content (AvgIpc) is 2.80. The molecule has 0 aliphatic rings. The average molecular weight is 280 g/mol. The van der Waals surface area contributed by atoms with Crippen molar-refractivity contribution >= 4 is 0 Å². The molecule has 0 aliphatic heterocycles. The van der Waals surface area contributed by atoms with E-state index in [4.69, 9.17) is 0 Å². The number of nitrogens with zero attached hydrogens (tertiary/aromatic N) is 3. The normalized spacial score (nSPS) is 11.2. The summed E-state index contributed by atoms with van der Waals surface area (Å²) in [6, 6.07) is 3.55. The van der Waals surface area contributed by atoms with E-state index in [-0.39, 0.29) is 6.54 Å². The third-order valence-electron chi connectivity index (χ3n) is 2.87. The van der Waals surface area contributed by atoms with Gasteiger partial charge in [-0.25, -0.2) is 18.4 Å². The molecule has 0 saturated heterocycles. The Hall–Kier alpha value is -1.82. The van der Waals surface area contributed by atoms with Gasteiger partial charge in [0.05, 0.1) is 13.1 Å². The molecule has 0 aliphatic carbocycles. The minimum absolute atomic E-state index is 0.241. The summed E-state index contributed by atoms with van der Waals surface area (Å²) in [4.78, 5) is 4.15. The number of aromatic nitrogens is 3. The SMILES string of the molecule is CC(C)CNCc1ncnn1Cc1ccc(F)cc1F. The van der Waals surface area contributed by atoms with Gasteiger partial charge in [0.2, 0.25) is 0 Å². The molecule has 2 aromatic rings. The van der Waals surface area contributed by atoms with Gasteiger partial charge in [0, 0.05) is 11.6 Å². The molecule has 4 nitrogen and oxygen atoms in total. The van der Waals surface area contributed by atoms with E-state index >= 15 is 0 Å². The van der Waals surface area contributed by atoms with Crippen LogP contribution in [0, 0.1) is 17.6 Å². The lowest BCUT2D eigenvalue weighted by molar-refractivity contribution is 0.515. The number of halogens is 2. The molecule has 6 heteroatoms. The van der Waals surface area contributed by atoms with Crippen LogP contribution in [0.1, 0.15) is 25.2 Å². The highest BCUT2D eigenvalue weighted by Gasteiger charge is 2.09. The van der Waals surface area contributed by atoms with Gasteiger partial charge in [0.1, 0.15) is 23.8 Å². The third kappa shape index (κ3) is 3.84. The Kier molecular flexibility index (Phi) is 4.79. The zero-order chi connectivity index (χ0) is 14.5. The quantitative estimate of drug-likeness (QED) is 0.883. The lowest BCUT2D eigenvalue weighted by Gasteiger charge is -2.09. The highest BCUT2D eigenvalue weighted by molar-refractivity contribution is 5.18. The molecular weight excluding hydrogens is 262 g/mol. The standard InChI is InChI=1S/C14H18F2N4/c1-10(2)6-17-7-14-18-9-19-20(14)8-11-3-4-12(15)5-13(11)16/h3-5,9-10,17H,6-8H2,1-2H3. The molecule has 0 bridgehead atoms. The molecule has 0 unspecified atom stereocenters. The zero-order valence-corrected chi connectivity index (χ0v) is 11.6. The van der Waals surface area contributed by atoms with Crippen LogP contribution in [-0.2, 0) is 13.1 Å². The van der Waals surface area contributed by atoms with Gasteiger partial charge in [0.25, 0.3) is 0 Å². The lowest BCUT2D eigenvalue weighted by Crippen LogP contribution is -2.22. The van der Waals surface area contributed by atoms with Crippen LogP contribution >= 0.6 is 0 Å². The molecule has 1 heterocycles. The van der Waals surface area contributed by atoms with Crippen molar-refractivity contribution in [2.45, 2.75) is 26.9 Å². The van der Waals surface area contributed by atoms with Gasteiger partial charge >= 0.3 is 0 Å². The maximum atomic E-state index is 13.6. The predicted molar refractivity (Wildman–Crippen MR) is 72.0 cm³/mol. The second kappa shape index (κ2) is 6.56. The summed E-state index contributed by atoms with van der Waals surface area (Å²) in [5, 5.41) is 7.34. The Morgan fingerprint density at radius 3 is 2.80 bits per heavy atom. The lowest BCUT2D eigenvalue weighted by atomic mass is 10.2. The fourth-order valence-electron chi connectivity index (χ4n) is 1.84. The maximum Gasteiger partial charge on any atom is 0.141 e. The first kappa shape index (κ1) is 14.6. The Bertz CT molecular complexity index is 566. The highest BCUT2D eigenvalue weighted by atomic mass is 19.1. The number of rotatable bonds is 6. The second-order valence-electron chi connectivity index (χ2n) is 5.09. The predicted octanol–water partition coefficient (Wildman–Crippen LogP) is 2.35. The molecule has 0 radical (unpaired) electrons.